The number of allylic oxidation sites excluding steroid dienone is 1. The summed E-state index contributed by atoms with van der Waals surface area (Å²) in [4.78, 5) is 48.8. The number of carbonyl (C=O) groups is 4. The van der Waals surface area contributed by atoms with Gasteiger partial charge in [-0.3, -0.25) is 19.2 Å². The molecule has 2 rings (SSSR count). The van der Waals surface area contributed by atoms with Crippen LogP contribution in [0.1, 0.15) is 46.5 Å². The number of nitrogens with zero attached hydrogens (tertiary/aromatic N) is 1. The van der Waals surface area contributed by atoms with E-state index in [-0.39, 0.29) is 25.9 Å². The van der Waals surface area contributed by atoms with Crippen molar-refractivity contribution in [3.63, 3.8) is 0 Å². The molecule has 0 aromatic heterocycles. The molecular weight excluding hydrogens is 396 g/mol. The lowest BCUT2D eigenvalue weighted by Crippen LogP contribution is -2.45. The highest BCUT2D eigenvalue weighted by atomic mass is 16.7. The maximum absolute atomic E-state index is 12.1. The fourth-order valence-electron chi connectivity index (χ4n) is 3.00. The molecule has 1 fully saturated rings. The van der Waals surface area contributed by atoms with Crippen molar-refractivity contribution in [1.82, 2.24) is 4.90 Å². The Morgan fingerprint density at radius 2 is 1.63 bits per heavy atom. The number of esters is 3. The molecule has 2 unspecified atom stereocenters. The SMILES string of the molecule is CCC(=O)OCC1O[C@@H](N2C=CCC(C(N)=O)=C2)[C@H](OC(=O)CC)C1OC(=O)CC. The van der Waals surface area contributed by atoms with Crippen LogP contribution in [0.3, 0.4) is 0 Å². The molecule has 0 bridgehead atoms. The van der Waals surface area contributed by atoms with E-state index >= 15 is 0 Å². The van der Waals surface area contributed by atoms with E-state index in [1.54, 1.807) is 33.0 Å². The molecule has 166 valence electrons. The first-order valence-corrected chi connectivity index (χ1v) is 9.95. The van der Waals surface area contributed by atoms with Gasteiger partial charge in [0.1, 0.15) is 12.7 Å². The summed E-state index contributed by atoms with van der Waals surface area (Å²) in [6, 6.07) is 0. The Labute approximate surface area is 174 Å². The maximum atomic E-state index is 12.1. The van der Waals surface area contributed by atoms with Gasteiger partial charge in [0.25, 0.3) is 0 Å². The number of nitrogens with two attached hydrogens (primary N) is 1. The van der Waals surface area contributed by atoms with Gasteiger partial charge in [0, 0.05) is 37.2 Å². The minimum atomic E-state index is -1.01. The summed E-state index contributed by atoms with van der Waals surface area (Å²) in [5.41, 5.74) is 5.72. The van der Waals surface area contributed by atoms with Crippen LogP contribution >= 0.6 is 0 Å². The quantitative estimate of drug-likeness (QED) is 0.423. The third-order valence-electron chi connectivity index (χ3n) is 4.63. The predicted octanol–water partition coefficient (Wildman–Crippen LogP) is 0.897. The van der Waals surface area contributed by atoms with E-state index in [0.717, 1.165) is 0 Å². The molecule has 2 heterocycles. The van der Waals surface area contributed by atoms with Crippen molar-refractivity contribution in [3.8, 4) is 0 Å². The first-order valence-electron chi connectivity index (χ1n) is 9.95. The zero-order chi connectivity index (χ0) is 22.3. The molecule has 1 saturated heterocycles. The molecule has 4 atom stereocenters. The molecule has 2 aliphatic rings. The van der Waals surface area contributed by atoms with E-state index in [4.69, 9.17) is 24.7 Å². The number of ether oxygens (including phenoxy) is 4. The number of hydrogen-bond acceptors (Lipinski definition) is 9. The lowest BCUT2D eigenvalue weighted by molar-refractivity contribution is -0.169. The molecule has 0 aromatic carbocycles. The Balaban J connectivity index is 2.34. The highest BCUT2D eigenvalue weighted by Gasteiger charge is 2.51. The molecule has 0 radical (unpaired) electrons. The zero-order valence-electron chi connectivity index (χ0n) is 17.4. The minimum Gasteiger partial charge on any atom is -0.463 e. The van der Waals surface area contributed by atoms with Crippen LogP contribution in [0.4, 0.5) is 0 Å². The lowest BCUT2D eigenvalue weighted by atomic mass is 10.1. The maximum Gasteiger partial charge on any atom is 0.306 e. The third-order valence-corrected chi connectivity index (χ3v) is 4.63. The number of rotatable bonds is 9. The fraction of sp³-hybridized carbons (Fsp3) is 0.600. The molecule has 10 nitrogen and oxygen atoms in total. The standard InChI is InChI=1S/C20H28N2O8/c1-4-14(23)27-11-13-17(29-15(24)5-2)18(30-16(25)6-3)20(28-13)22-9-7-8-12(10-22)19(21)26/h7,9-10,13,17-18,20H,4-6,8,11H2,1-3H3,(H2,21,26)/t13?,17?,18-,20-/m1/s1. The normalized spacial score (nSPS) is 25.4. The molecule has 2 aliphatic heterocycles. The van der Waals surface area contributed by atoms with E-state index < -0.39 is 48.4 Å². The zero-order valence-corrected chi connectivity index (χ0v) is 17.4. The molecule has 1 amide bonds. The Morgan fingerprint density at radius 1 is 1.03 bits per heavy atom. The second-order valence-electron chi connectivity index (χ2n) is 6.77. The van der Waals surface area contributed by atoms with Gasteiger partial charge < -0.3 is 29.6 Å². The summed E-state index contributed by atoms with van der Waals surface area (Å²) in [6.45, 7) is 4.72. The van der Waals surface area contributed by atoms with Crippen LogP contribution in [0, 0.1) is 0 Å². The van der Waals surface area contributed by atoms with Gasteiger partial charge in [0.05, 0.1) is 0 Å². The molecule has 0 aliphatic carbocycles. The van der Waals surface area contributed by atoms with Gasteiger partial charge in [0.2, 0.25) is 5.91 Å². The van der Waals surface area contributed by atoms with Crippen LogP contribution in [0.5, 0.6) is 0 Å². The van der Waals surface area contributed by atoms with Gasteiger partial charge >= 0.3 is 17.9 Å². The Morgan fingerprint density at radius 3 is 2.20 bits per heavy atom. The molecule has 30 heavy (non-hydrogen) atoms. The summed E-state index contributed by atoms with van der Waals surface area (Å²) >= 11 is 0. The van der Waals surface area contributed by atoms with Crippen molar-refractivity contribution in [2.75, 3.05) is 6.61 Å². The summed E-state index contributed by atoms with van der Waals surface area (Å²) in [5, 5.41) is 0. The first kappa shape index (κ1) is 23.4. The Bertz CT molecular complexity index is 732. The van der Waals surface area contributed by atoms with Gasteiger partial charge in [-0.25, -0.2) is 0 Å². The smallest absolute Gasteiger partial charge is 0.306 e. The summed E-state index contributed by atoms with van der Waals surface area (Å²) in [6.07, 6.45) is 1.81. The van der Waals surface area contributed by atoms with Gasteiger partial charge in [-0.1, -0.05) is 26.8 Å². The lowest BCUT2D eigenvalue weighted by Gasteiger charge is -2.30. The van der Waals surface area contributed by atoms with Gasteiger partial charge in [-0.2, -0.15) is 0 Å². The van der Waals surface area contributed by atoms with Crippen molar-refractivity contribution in [2.24, 2.45) is 5.73 Å². The highest BCUT2D eigenvalue weighted by molar-refractivity contribution is 5.92. The van der Waals surface area contributed by atoms with E-state index in [1.807, 2.05) is 0 Å². The van der Waals surface area contributed by atoms with Crippen LogP contribution in [0.25, 0.3) is 0 Å². The van der Waals surface area contributed by atoms with Crippen molar-refractivity contribution in [1.29, 1.82) is 0 Å². The van der Waals surface area contributed by atoms with Crippen LogP contribution < -0.4 is 5.73 Å². The highest BCUT2D eigenvalue weighted by Crippen LogP contribution is 2.32. The van der Waals surface area contributed by atoms with Crippen molar-refractivity contribution < 1.29 is 38.1 Å². The molecule has 0 spiro atoms. The van der Waals surface area contributed by atoms with Gasteiger partial charge in [0.15, 0.2) is 18.4 Å². The fourth-order valence-corrected chi connectivity index (χ4v) is 3.00. The van der Waals surface area contributed by atoms with Crippen LogP contribution in [-0.4, -0.2) is 59.9 Å². The minimum absolute atomic E-state index is 0.103. The number of carbonyl (C=O) groups excluding carboxylic acids is 4. The predicted molar refractivity (Wildman–Crippen MR) is 103 cm³/mol. The van der Waals surface area contributed by atoms with Crippen molar-refractivity contribution in [3.05, 3.63) is 24.0 Å². The topological polar surface area (TPSA) is 134 Å². The number of amides is 1. The van der Waals surface area contributed by atoms with Gasteiger partial charge in [-0.05, 0) is 6.42 Å². The molecule has 10 heteroatoms. The molecular formula is C20H28N2O8. The van der Waals surface area contributed by atoms with Crippen LogP contribution in [0.2, 0.25) is 0 Å². The average molecular weight is 424 g/mol. The number of primary amides is 1. The third kappa shape index (κ3) is 5.82. The summed E-state index contributed by atoms with van der Waals surface area (Å²) in [5.74, 6) is -2.07. The van der Waals surface area contributed by atoms with E-state index in [1.165, 1.54) is 11.1 Å². The van der Waals surface area contributed by atoms with E-state index in [9.17, 15) is 19.2 Å². The summed E-state index contributed by atoms with van der Waals surface area (Å²) < 4.78 is 22.2. The monoisotopic (exact) mass is 424 g/mol. The summed E-state index contributed by atoms with van der Waals surface area (Å²) in [7, 11) is 0. The Hall–Kier alpha value is -2.88. The largest absolute Gasteiger partial charge is 0.463 e. The molecule has 0 aromatic rings. The van der Waals surface area contributed by atoms with Crippen LogP contribution in [0.15, 0.2) is 24.0 Å². The van der Waals surface area contributed by atoms with Gasteiger partial charge in [-0.15, -0.1) is 0 Å². The second-order valence-corrected chi connectivity index (χ2v) is 6.77. The van der Waals surface area contributed by atoms with Crippen molar-refractivity contribution >= 4 is 23.8 Å². The molecule has 2 N–H and O–H groups in total. The first-order chi connectivity index (χ1) is 14.3. The van der Waals surface area contributed by atoms with E-state index in [0.29, 0.717) is 12.0 Å². The van der Waals surface area contributed by atoms with Crippen LogP contribution in [-0.2, 0) is 38.1 Å². The second kappa shape index (κ2) is 10.8. The Kier molecular flexibility index (Phi) is 8.40. The van der Waals surface area contributed by atoms with E-state index in [2.05, 4.69) is 0 Å². The average Bonchev–Trinajstić information content (AvgIpc) is 3.08. The molecule has 0 saturated carbocycles. The van der Waals surface area contributed by atoms with Crippen molar-refractivity contribution in [2.45, 2.75) is 71.0 Å². The number of hydrogen-bond donors (Lipinski definition) is 1.